The molecule has 0 aliphatic carbocycles. The maximum atomic E-state index is 11.5. The minimum Gasteiger partial charge on any atom is -0.352 e. The third kappa shape index (κ3) is 5.48. The average Bonchev–Trinajstić information content (AvgIpc) is 2.63. The molecule has 0 bridgehead atoms. The van der Waals surface area contributed by atoms with Crippen molar-refractivity contribution in [3.63, 3.8) is 0 Å². The summed E-state index contributed by atoms with van der Waals surface area (Å²) >= 11 is 0. The number of hydrogen-bond donors (Lipinski definition) is 2. The molecule has 0 saturated carbocycles. The average molecular weight is 244 g/mol. The molecular formula is C12H24N2O3. The summed E-state index contributed by atoms with van der Waals surface area (Å²) in [5.41, 5.74) is 0. The van der Waals surface area contributed by atoms with Crippen molar-refractivity contribution in [3.8, 4) is 0 Å². The van der Waals surface area contributed by atoms with Crippen molar-refractivity contribution in [2.75, 3.05) is 19.7 Å². The lowest BCUT2D eigenvalue weighted by molar-refractivity contribution is -0.139. The van der Waals surface area contributed by atoms with E-state index >= 15 is 0 Å². The zero-order valence-electron chi connectivity index (χ0n) is 11.2. The topological polar surface area (TPSA) is 59.6 Å². The highest BCUT2D eigenvalue weighted by atomic mass is 16.7. The van der Waals surface area contributed by atoms with Gasteiger partial charge in [-0.1, -0.05) is 6.92 Å². The van der Waals surface area contributed by atoms with Crippen molar-refractivity contribution in [1.82, 2.24) is 10.6 Å². The van der Waals surface area contributed by atoms with Gasteiger partial charge in [-0.2, -0.15) is 0 Å². The molecule has 5 nitrogen and oxygen atoms in total. The Morgan fingerprint density at radius 2 is 2.24 bits per heavy atom. The van der Waals surface area contributed by atoms with Gasteiger partial charge in [-0.15, -0.1) is 0 Å². The van der Waals surface area contributed by atoms with E-state index in [-0.39, 0.29) is 12.0 Å². The van der Waals surface area contributed by atoms with Gasteiger partial charge >= 0.3 is 0 Å². The predicted octanol–water partition coefficient (Wildman–Crippen LogP) is 0.642. The van der Waals surface area contributed by atoms with E-state index in [9.17, 15) is 4.79 Å². The van der Waals surface area contributed by atoms with Gasteiger partial charge in [-0.3, -0.25) is 4.79 Å². The maximum absolute atomic E-state index is 11.5. The lowest BCUT2D eigenvalue weighted by atomic mass is 10.2. The van der Waals surface area contributed by atoms with Crippen LogP contribution in [0.3, 0.4) is 0 Å². The van der Waals surface area contributed by atoms with E-state index in [2.05, 4.69) is 24.5 Å². The lowest BCUT2D eigenvalue weighted by Gasteiger charge is -2.17. The van der Waals surface area contributed by atoms with E-state index in [1.54, 1.807) is 0 Å². The molecule has 5 heteroatoms. The summed E-state index contributed by atoms with van der Waals surface area (Å²) in [6.45, 7) is 9.28. The first-order valence-electron chi connectivity index (χ1n) is 6.25. The zero-order valence-corrected chi connectivity index (χ0v) is 11.2. The molecule has 0 aromatic heterocycles. The van der Waals surface area contributed by atoms with Crippen LogP contribution in [0.1, 0.15) is 34.1 Å². The van der Waals surface area contributed by atoms with Crippen molar-refractivity contribution in [2.24, 2.45) is 0 Å². The van der Waals surface area contributed by atoms with E-state index < -0.39 is 5.79 Å². The summed E-state index contributed by atoms with van der Waals surface area (Å²) in [7, 11) is 0. The Morgan fingerprint density at radius 3 is 2.76 bits per heavy atom. The Balaban J connectivity index is 2.12. The van der Waals surface area contributed by atoms with Gasteiger partial charge in [-0.05, 0) is 27.2 Å². The third-order valence-electron chi connectivity index (χ3n) is 2.82. The van der Waals surface area contributed by atoms with Gasteiger partial charge in [0, 0.05) is 12.6 Å². The zero-order chi connectivity index (χ0) is 12.9. The first-order valence-corrected chi connectivity index (χ1v) is 6.25. The number of carbonyl (C=O) groups excluding carboxylic acids is 1. The van der Waals surface area contributed by atoms with Gasteiger partial charge in [0.1, 0.15) is 6.10 Å². The summed E-state index contributed by atoms with van der Waals surface area (Å²) in [6.07, 6.45) is 0.971. The fourth-order valence-electron chi connectivity index (χ4n) is 1.57. The molecule has 2 N–H and O–H groups in total. The molecule has 0 spiro atoms. The molecule has 0 aromatic rings. The van der Waals surface area contributed by atoms with Crippen LogP contribution in [0.2, 0.25) is 0 Å². The molecule has 1 saturated heterocycles. The normalized spacial score (nSPS) is 24.6. The predicted molar refractivity (Wildman–Crippen MR) is 65.7 cm³/mol. The number of carbonyl (C=O) groups is 1. The Bertz CT molecular complexity index is 256. The molecule has 100 valence electrons. The fraction of sp³-hybridized carbons (Fsp3) is 0.917. The van der Waals surface area contributed by atoms with E-state index in [1.165, 1.54) is 0 Å². The molecule has 2 unspecified atom stereocenters. The van der Waals surface area contributed by atoms with Crippen molar-refractivity contribution in [3.05, 3.63) is 0 Å². The molecule has 1 heterocycles. The number of amides is 1. The Kier molecular flexibility index (Phi) is 5.36. The fourth-order valence-corrected chi connectivity index (χ4v) is 1.57. The number of ether oxygens (including phenoxy) is 2. The summed E-state index contributed by atoms with van der Waals surface area (Å²) in [6, 6.07) is 0.366. The van der Waals surface area contributed by atoms with Crippen molar-refractivity contribution >= 4 is 5.91 Å². The van der Waals surface area contributed by atoms with E-state index in [4.69, 9.17) is 9.47 Å². The molecule has 0 radical (unpaired) electrons. The minimum atomic E-state index is -0.523. The number of rotatable bonds is 6. The Labute approximate surface area is 103 Å². The second-order valence-corrected chi connectivity index (χ2v) is 4.94. The number of nitrogens with one attached hydrogen (secondary N) is 2. The highest BCUT2D eigenvalue weighted by Gasteiger charge is 2.32. The molecular weight excluding hydrogens is 220 g/mol. The third-order valence-corrected chi connectivity index (χ3v) is 2.82. The molecule has 2 atom stereocenters. The number of hydrogen-bond acceptors (Lipinski definition) is 4. The summed E-state index contributed by atoms with van der Waals surface area (Å²) in [5, 5.41) is 5.97. The monoisotopic (exact) mass is 244 g/mol. The largest absolute Gasteiger partial charge is 0.352 e. The molecule has 1 rings (SSSR count). The van der Waals surface area contributed by atoms with Crippen molar-refractivity contribution < 1.29 is 14.3 Å². The highest BCUT2D eigenvalue weighted by Crippen LogP contribution is 2.21. The lowest BCUT2D eigenvalue weighted by Crippen LogP contribution is -2.41. The first kappa shape index (κ1) is 14.4. The molecule has 0 aromatic carbocycles. The van der Waals surface area contributed by atoms with Crippen LogP contribution >= 0.6 is 0 Å². The van der Waals surface area contributed by atoms with Crippen molar-refractivity contribution in [2.45, 2.75) is 52.0 Å². The van der Waals surface area contributed by atoms with Gasteiger partial charge in [-0.25, -0.2) is 0 Å². The first-order chi connectivity index (χ1) is 7.93. The second kappa shape index (κ2) is 6.33. The second-order valence-electron chi connectivity index (χ2n) is 4.94. The maximum Gasteiger partial charge on any atom is 0.234 e. The van der Waals surface area contributed by atoms with Crippen LogP contribution in [-0.4, -0.2) is 43.5 Å². The van der Waals surface area contributed by atoms with Crippen LogP contribution < -0.4 is 10.6 Å². The quantitative estimate of drug-likeness (QED) is 0.720. The summed E-state index contributed by atoms with van der Waals surface area (Å²) in [4.78, 5) is 11.5. The van der Waals surface area contributed by atoms with Gasteiger partial charge in [0.05, 0.1) is 13.2 Å². The Morgan fingerprint density at radius 1 is 1.53 bits per heavy atom. The SMILES string of the molecule is CCC(C)NCC(=O)NCC1COC(C)(C)O1. The van der Waals surface area contributed by atoms with E-state index in [0.717, 1.165) is 6.42 Å². The Hall–Kier alpha value is -0.650. The summed E-state index contributed by atoms with van der Waals surface area (Å²) in [5.74, 6) is -0.525. The highest BCUT2D eigenvalue weighted by molar-refractivity contribution is 5.78. The van der Waals surface area contributed by atoms with Crippen LogP contribution in [0.25, 0.3) is 0 Å². The van der Waals surface area contributed by atoms with Crippen LogP contribution in [0, 0.1) is 0 Å². The summed E-state index contributed by atoms with van der Waals surface area (Å²) < 4.78 is 11.0. The minimum absolute atomic E-state index is 0.00129. The molecule has 1 aliphatic rings. The molecule has 1 aliphatic heterocycles. The van der Waals surface area contributed by atoms with Crippen LogP contribution in [0.5, 0.6) is 0 Å². The van der Waals surface area contributed by atoms with Crippen LogP contribution in [0.4, 0.5) is 0 Å². The molecule has 17 heavy (non-hydrogen) atoms. The van der Waals surface area contributed by atoms with Gasteiger partial charge in [0.2, 0.25) is 5.91 Å². The smallest absolute Gasteiger partial charge is 0.234 e. The standard InChI is InChI=1S/C12H24N2O3/c1-5-9(2)13-7-11(15)14-6-10-8-16-12(3,4)17-10/h9-10,13H,5-8H2,1-4H3,(H,14,15). The van der Waals surface area contributed by atoms with Gasteiger partial charge in [0.15, 0.2) is 5.79 Å². The van der Waals surface area contributed by atoms with Gasteiger partial charge < -0.3 is 20.1 Å². The molecule has 1 amide bonds. The van der Waals surface area contributed by atoms with E-state index in [0.29, 0.717) is 25.7 Å². The van der Waals surface area contributed by atoms with E-state index in [1.807, 2.05) is 13.8 Å². The van der Waals surface area contributed by atoms with Gasteiger partial charge in [0.25, 0.3) is 0 Å². The molecule has 1 fully saturated rings. The van der Waals surface area contributed by atoms with Crippen LogP contribution in [0.15, 0.2) is 0 Å². The van der Waals surface area contributed by atoms with Crippen molar-refractivity contribution in [1.29, 1.82) is 0 Å². The van der Waals surface area contributed by atoms with Crippen LogP contribution in [-0.2, 0) is 14.3 Å².